The zero-order chi connectivity index (χ0) is 22.9. The molecule has 1 fully saturated rings. The van der Waals surface area contributed by atoms with Crippen LogP contribution in [0.2, 0.25) is 0 Å². The minimum Gasteiger partial charge on any atom is -0.474 e. The zero-order valence-electron chi connectivity index (χ0n) is 17.4. The Hall–Kier alpha value is -3.54. The first kappa shape index (κ1) is 21.7. The highest BCUT2D eigenvalue weighted by Crippen LogP contribution is 2.44. The molecule has 4 rings (SSSR count). The molecule has 3 aromatic rings. The quantitative estimate of drug-likeness (QED) is 0.492. The average Bonchev–Trinajstić information content (AvgIpc) is 3.57. The molecule has 0 radical (unpaired) electrons. The van der Waals surface area contributed by atoms with Crippen LogP contribution in [0.1, 0.15) is 30.1 Å². The maximum atomic E-state index is 12.9. The Bertz CT molecular complexity index is 1340. The third-order valence-electron chi connectivity index (χ3n) is 5.24. The fourth-order valence-electron chi connectivity index (χ4n) is 3.29. The van der Waals surface area contributed by atoms with Crippen LogP contribution in [0.5, 0.6) is 5.88 Å². The van der Waals surface area contributed by atoms with Crippen molar-refractivity contribution in [3.8, 4) is 5.88 Å². The predicted octanol–water partition coefficient (Wildman–Crippen LogP) is 1.25. The van der Waals surface area contributed by atoms with Crippen molar-refractivity contribution < 1.29 is 22.7 Å². The fraction of sp³-hybridized carbons (Fsp3) is 0.350. The predicted molar refractivity (Wildman–Crippen MR) is 115 cm³/mol. The molecule has 3 aromatic heterocycles. The topological polar surface area (TPSA) is 142 Å². The molecule has 0 unspecified atom stereocenters. The van der Waals surface area contributed by atoms with Gasteiger partial charge in [-0.1, -0.05) is 0 Å². The molecule has 0 aromatic carbocycles. The van der Waals surface area contributed by atoms with Crippen LogP contribution < -0.4 is 15.0 Å². The van der Waals surface area contributed by atoms with Gasteiger partial charge in [0.05, 0.1) is 12.8 Å². The van der Waals surface area contributed by atoms with Crippen LogP contribution in [0.25, 0.3) is 10.9 Å². The smallest absolute Gasteiger partial charge is 0.343 e. The van der Waals surface area contributed by atoms with Gasteiger partial charge in [-0.2, -0.15) is 0 Å². The van der Waals surface area contributed by atoms with Gasteiger partial charge in [-0.25, -0.2) is 23.2 Å². The van der Waals surface area contributed by atoms with Gasteiger partial charge in [-0.3, -0.25) is 14.5 Å². The number of fused-ring (bicyclic) bond motifs is 1. The second-order valence-corrected chi connectivity index (χ2v) is 9.44. The van der Waals surface area contributed by atoms with E-state index in [1.807, 2.05) is 0 Å². The second kappa shape index (κ2) is 8.19. The molecule has 0 bridgehead atoms. The summed E-state index contributed by atoms with van der Waals surface area (Å²) in [6.07, 6.45) is 6.41. The number of carbonyl (C=O) groups excluding carboxylic acids is 1. The van der Waals surface area contributed by atoms with Gasteiger partial charge in [0.15, 0.2) is 5.82 Å². The molecule has 1 saturated carbocycles. The summed E-state index contributed by atoms with van der Waals surface area (Å²) < 4.78 is 39.1. The summed E-state index contributed by atoms with van der Waals surface area (Å²) in [5.74, 6) is -0.498. The molecule has 1 aliphatic carbocycles. The molecule has 0 amide bonds. The SMILES string of the molecule is CCOC(=O)c1cc2ccnc(OCC3(S(=O)(=O)Nc4cnccn4)CC3)c2n(C)c1=O. The third-order valence-corrected chi connectivity index (χ3v) is 7.38. The van der Waals surface area contributed by atoms with E-state index in [1.165, 1.54) is 42.5 Å². The van der Waals surface area contributed by atoms with Crippen molar-refractivity contribution in [2.75, 3.05) is 17.9 Å². The first-order valence-corrected chi connectivity index (χ1v) is 11.3. The molecule has 0 spiro atoms. The molecule has 1 N–H and O–H groups in total. The molecule has 1 aliphatic rings. The molecule has 11 nitrogen and oxygen atoms in total. The van der Waals surface area contributed by atoms with Crippen LogP contribution in [0, 0.1) is 0 Å². The Morgan fingerprint density at radius 2 is 2.03 bits per heavy atom. The standard InChI is InChI=1S/C20H21N5O6S/c1-3-30-19(27)14-10-13-4-7-23-17(16(13)25(2)18(14)26)31-12-20(5-6-20)32(28,29)24-15-11-21-8-9-22-15/h4,7-11H,3,5-6,12H2,1-2H3,(H,22,24). The van der Waals surface area contributed by atoms with E-state index in [0.717, 1.165) is 0 Å². The summed E-state index contributed by atoms with van der Waals surface area (Å²) >= 11 is 0. The van der Waals surface area contributed by atoms with Gasteiger partial charge >= 0.3 is 5.97 Å². The third kappa shape index (κ3) is 3.88. The van der Waals surface area contributed by atoms with Gasteiger partial charge in [0.25, 0.3) is 5.56 Å². The number of hydrogen-bond donors (Lipinski definition) is 1. The lowest BCUT2D eigenvalue weighted by Gasteiger charge is -2.18. The van der Waals surface area contributed by atoms with Crippen molar-refractivity contribution in [1.29, 1.82) is 0 Å². The number of aryl methyl sites for hydroxylation is 1. The first-order valence-electron chi connectivity index (χ1n) is 9.85. The van der Waals surface area contributed by atoms with Gasteiger partial charge in [0.1, 0.15) is 22.4 Å². The number of hydrogen-bond acceptors (Lipinski definition) is 9. The number of nitrogens with one attached hydrogen (secondary N) is 1. The molecular weight excluding hydrogens is 438 g/mol. The largest absolute Gasteiger partial charge is 0.474 e. The van der Waals surface area contributed by atoms with Crippen LogP contribution in [-0.4, -0.2) is 51.9 Å². The lowest BCUT2D eigenvalue weighted by atomic mass is 10.2. The number of sulfonamides is 1. The first-order chi connectivity index (χ1) is 15.3. The number of pyridine rings is 2. The number of carbonyl (C=O) groups is 1. The molecule has 3 heterocycles. The second-order valence-electron chi connectivity index (χ2n) is 7.36. The summed E-state index contributed by atoms with van der Waals surface area (Å²) in [5, 5.41) is 0.533. The van der Waals surface area contributed by atoms with Gasteiger partial charge < -0.3 is 14.0 Å². The maximum Gasteiger partial charge on any atom is 0.343 e. The summed E-state index contributed by atoms with van der Waals surface area (Å²) in [5.41, 5.74) is -0.319. The molecule has 0 saturated heterocycles. The van der Waals surface area contributed by atoms with Crippen LogP contribution in [0.3, 0.4) is 0 Å². The van der Waals surface area contributed by atoms with Gasteiger partial charge in [-0.05, 0) is 31.9 Å². The highest BCUT2D eigenvalue weighted by Gasteiger charge is 2.56. The van der Waals surface area contributed by atoms with Crippen LogP contribution in [-0.2, 0) is 21.8 Å². The average molecular weight is 459 g/mol. The van der Waals surface area contributed by atoms with Crippen LogP contribution in [0.4, 0.5) is 5.82 Å². The lowest BCUT2D eigenvalue weighted by Crippen LogP contribution is -2.35. The highest BCUT2D eigenvalue weighted by molar-refractivity contribution is 7.94. The number of aromatic nitrogens is 4. The van der Waals surface area contributed by atoms with Crippen molar-refractivity contribution in [3.05, 3.63) is 52.8 Å². The molecule has 12 heteroatoms. The van der Waals surface area contributed by atoms with E-state index < -0.39 is 26.3 Å². The number of anilines is 1. The highest BCUT2D eigenvalue weighted by atomic mass is 32.2. The Labute approximate surface area is 183 Å². The van der Waals surface area contributed by atoms with Gasteiger partial charge in [-0.15, -0.1) is 0 Å². The van der Waals surface area contributed by atoms with Crippen molar-refractivity contribution in [3.63, 3.8) is 0 Å². The van der Waals surface area contributed by atoms with Crippen molar-refractivity contribution in [1.82, 2.24) is 19.5 Å². The fourth-order valence-corrected chi connectivity index (χ4v) is 4.74. The minimum atomic E-state index is -3.80. The Morgan fingerprint density at radius 3 is 2.69 bits per heavy atom. The van der Waals surface area contributed by atoms with E-state index in [4.69, 9.17) is 9.47 Å². The van der Waals surface area contributed by atoms with E-state index in [0.29, 0.717) is 23.7 Å². The molecule has 0 aliphatic heterocycles. The summed E-state index contributed by atoms with van der Waals surface area (Å²) in [6, 6.07) is 3.05. The molecule has 168 valence electrons. The minimum absolute atomic E-state index is 0.0958. The van der Waals surface area contributed by atoms with E-state index in [2.05, 4.69) is 19.7 Å². The monoisotopic (exact) mass is 459 g/mol. The van der Waals surface area contributed by atoms with E-state index in [9.17, 15) is 18.0 Å². The molecule has 0 atom stereocenters. The van der Waals surface area contributed by atoms with E-state index in [-0.39, 0.29) is 30.5 Å². The van der Waals surface area contributed by atoms with Crippen molar-refractivity contribution >= 4 is 32.7 Å². The van der Waals surface area contributed by atoms with Gasteiger partial charge in [0, 0.05) is 31.0 Å². The van der Waals surface area contributed by atoms with E-state index in [1.54, 1.807) is 13.0 Å². The summed E-state index contributed by atoms with van der Waals surface area (Å²) in [7, 11) is -2.32. The normalized spacial score (nSPS) is 14.7. The lowest BCUT2D eigenvalue weighted by molar-refractivity contribution is 0.0524. The van der Waals surface area contributed by atoms with Crippen LogP contribution in [0.15, 0.2) is 41.7 Å². The Morgan fingerprint density at radius 1 is 1.25 bits per heavy atom. The van der Waals surface area contributed by atoms with Crippen molar-refractivity contribution in [2.45, 2.75) is 24.5 Å². The Balaban J connectivity index is 1.62. The summed E-state index contributed by atoms with van der Waals surface area (Å²) in [4.78, 5) is 36.8. The zero-order valence-corrected chi connectivity index (χ0v) is 18.3. The summed E-state index contributed by atoms with van der Waals surface area (Å²) in [6.45, 7) is 1.63. The maximum absolute atomic E-state index is 12.9. The number of ether oxygens (including phenoxy) is 2. The number of esters is 1. The van der Waals surface area contributed by atoms with Crippen molar-refractivity contribution in [2.24, 2.45) is 7.05 Å². The van der Waals surface area contributed by atoms with Gasteiger partial charge in [0.2, 0.25) is 15.9 Å². The molecular formula is C20H21N5O6S. The number of nitrogens with zero attached hydrogens (tertiary/aromatic N) is 4. The number of rotatable bonds is 8. The van der Waals surface area contributed by atoms with E-state index >= 15 is 0 Å². The Kier molecular flexibility index (Phi) is 5.55. The molecule has 32 heavy (non-hydrogen) atoms. The van der Waals surface area contributed by atoms with Crippen LogP contribution >= 0.6 is 0 Å².